The molecular formula is C12H16BrFN2O. The zero-order valence-corrected chi connectivity index (χ0v) is 11.2. The lowest BCUT2D eigenvalue weighted by molar-refractivity contribution is 0.0948. The Kier molecular flexibility index (Phi) is 6.77. The van der Waals surface area contributed by atoms with Crippen molar-refractivity contribution in [2.75, 3.05) is 11.9 Å². The fraction of sp³-hybridized carbons (Fsp3) is 0.500. The lowest BCUT2D eigenvalue weighted by Crippen LogP contribution is -2.25. The number of rotatable bonds is 7. The number of carbonyl (C=O) groups excluding carboxylic acids is 1. The molecule has 94 valence electrons. The number of hydrogen-bond donors (Lipinski definition) is 1. The second-order valence-electron chi connectivity index (χ2n) is 3.72. The van der Waals surface area contributed by atoms with Crippen LogP contribution in [0.1, 0.15) is 36.2 Å². The predicted octanol–water partition coefficient (Wildman–Crippen LogP) is 2.91. The van der Waals surface area contributed by atoms with E-state index in [0.29, 0.717) is 6.54 Å². The van der Waals surface area contributed by atoms with E-state index in [9.17, 15) is 9.18 Å². The van der Waals surface area contributed by atoms with Gasteiger partial charge in [0.05, 0.1) is 6.20 Å². The summed E-state index contributed by atoms with van der Waals surface area (Å²) in [5.41, 5.74) is 0.256. The Hall–Kier alpha value is -0.970. The smallest absolute Gasteiger partial charge is 0.269 e. The summed E-state index contributed by atoms with van der Waals surface area (Å²) in [5, 5.41) is 3.79. The van der Waals surface area contributed by atoms with Gasteiger partial charge in [0.1, 0.15) is 11.5 Å². The van der Waals surface area contributed by atoms with Crippen LogP contribution in [0.5, 0.6) is 0 Å². The maximum absolute atomic E-state index is 12.6. The summed E-state index contributed by atoms with van der Waals surface area (Å²) in [6.45, 7) is 0.639. The van der Waals surface area contributed by atoms with Crippen molar-refractivity contribution in [1.29, 1.82) is 0 Å². The molecule has 1 N–H and O–H groups in total. The van der Waals surface area contributed by atoms with Crippen LogP contribution < -0.4 is 5.32 Å². The van der Waals surface area contributed by atoms with E-state index in [1.807, 2.05) is 0 Å². The van der Waals surface area contributed by atoms with Crippen LogP contribution in [0.25, 0.3) is 0 Å². The Morgan fingerprint density at radius 3 is 2.71 bits per heavy atom. The zero-order valence-electron chi connectivity index (χ0n) is 9.59. The van der Waals surface area contributed by atoms with E-state index in [-0.39, 0.29) is 11.6 Å². The molecule has 0 saturated carbocycles. The van der Waals surface area contributed by atoms with Crippen molar-refractivity contribution < 1.29 is 9.18 Å². The Labute approximate surface area is 109 Å². The molecule has 1 aromatic rings. The molecule has 0 spiro atoms. The first kappa shape index (κ1) is 14.1. The summed E-state index contributed by atoms with van der Waals surface area (Å²) in [6, 6.07) is 2.62. The van der Waals surface area contributed by atoms with Crippen LogP contribution in [-0.4, -0.2) is 22.8 Å². The van der Waals surface area contributed by atoms with Gasteiger partial charge in [-0.25, -0.2) is 9.37 Å². The Bertz CT molecular complexity index is 343. The lowest BCUT2D eigenvalue weighted by Gasteiger charge is -2.04. The number of amides is 1. The summed E-state index contributed by atoms with van der Waals surface area (Å²) >= 11 is 3.37. The van der Waals surface area contributed by atoms with Gasteiger partial charge in [0, 0.05) is 11.9 Å². The summed E-state index contributed by atoms with van der Waals surface area (Å²) in [6.07, 6.45) is 5.43. The summed E-state index contributed by atoms with van der Waals surface area (Å²) < 4.78 is 12.6. The van der Waals surface area contributed by atoms with Crippen LogP contribution in [0.3, 0.4) is 0 Å². The van der Waals surface area contributed by atoms with Gasteiger partial charge >= 0.3 is 0 Å². The zero-order chi connectivity index (χ0) is 12.5. The summed E-state index contributed by atoms with van der Waals surface area (Å²) in [5.74, 6) is -0.679. The van der Waals surface area contributed by atoms with E-state index < -0.39 is 5.82 Å². The normalized spacial score (nSPS) is 10.2. The fourth-order valence-corrected chi connectivity index (χ4v) is 1.77. The second kappa shape index (κ2) is 8.17. The maximum Gasteiger partial charge on any atom is 0.269 e. The monoisotopic (exact) mass is 302 g/mol. The quantitative estimate of drug-likeness (QED) is 0.621. The molecule has 0 bridgehead atoms. The fourth-order valence-electron chi connectivity index (χ4n) is 1.38. The molecule has 0 unspecified atom stereocenters. The number of nitrogens with zero attached hydrogens (tertiary/aromatic N) is 1. The molecule has 0 aromatic carbocycles. The van der Waals surface area contributed by atoms with Crippen molar-refractivity contribution in [2.45, 2.75) is 25.7 Å². The third-order valence-corrected chi connectivity index (χ3v) is 2.87. The lowest BCUT2D eigenvalue weighted by atomic mass is 10.2. The number of nitrogens with one attached hydrogen (secondary N) is 1. The molecule has 17 heavy (non-hydrogen) atoms. The molecule has 0 aliphatic carbocycles. The van der Waals surface area contributed by atoms with Crippen molar-refractivity contribution in [2.24, 2.45) is 0 Å². The van der Waals surface area contributed by atoms with Crippen LogP contribution in [0.2, 0.25) is 0 Å². The largest absolute Gasteiger partial charge is 0.351 e. The molecule has 1 aromatic heterocycles. The van der Waals surface area contributed by atoms with E-state index >= 15 is 0 Å². The number of pyridine rings is 1. The van der Waals surface area contributed by atoms with Crippen molar-refractivity contribution in [3.8, 4) is 0 Å². The number of halogens is 2. The molecule has 1 heterocycles. The van der Waals surface area contributed by atoms with Gasteiger partial charge in [0.2, 0.25) is 0 Å². The van der Waals surface area contributed by atoms with E-state index in [4.69, 9.17) is 0 Å². The highest BCUT2D eigenvalue weighted by molar-refractivity contribution is 9.09. The number of unbranched alkanes of at least 4 members (excludes halogenated alkanes) is 3. The molecule has 0 fully saturated rings. The van der Waals surface area contributed by atoms with Crippen molar-refractivity contribution in [3.63, 3.8) is 0 Å². The molecule has 1 amide bonds. The number of carbonyl (C=O) groups is 1. The van der Waals surface area contributed by atoms with Gasteiger partial charge in [0.25, 0.3) is 5.91 Å². The third-order valence-electron chi connectivity index (χ3n) is 2.31. The summed E-state index contributed by atoms with van der Waals surface area (Å²) in [4.78, 5) is 15.3. The minimum absolute atomic E-state index is 0.245. The molecular weight excluding hydrogens is 287 g/mol. The number of aromatic nitrogens is 1. The van der Waals surface area contributed by atoms with Gasteiger partial charge in [-0.1, -0.05) is 28.8 Å². The first-order valence-electron chi connectivity index (χ1n) is 5.70. The van der Waals surface area contributed by atoms with Gasteiger partial charge in [-0.15, -0.1) is 0 Å². The average Bonchev–Trinajstić information content (AvgIpc) is 2.34. The minimum atomic E-state index is -0.434. The van der Waals surface area contributed by atoms with Crippen molar-refractivity contribution in [3.05, 3.63) is 29.8 Å². The molecule has 0 aliphatic heterocycles. The van der Waals surface area contributed by atoms with Crippen LogP contribution in [-0.2, 0) is 0 Å². The first-order valence-corrected chi connectivity index (χ1v) is 6.82. The van der Waals surface area contributed by atoms with Gasteiger partial charge in [0.15, 0.2) is 0 Å². The Morgan fingerprint density at radius 2 is 2.06 bits per heavy atom. The van der Waals surface area contributed by atoms with Crippen molar-refractivity contribution in [1.82, 2.24) is 10.3 Å². The second-order valence-corrected chi connectivity index (χ2v) is 4.51. The van der Waals surface area contributed by atoms with E-state index in [1.165, 1.54) is 12.1 Å². The number of alkyl halides is 1. The van der Waals surface area contributed by atoms with E-state index in [1.54, 1.807) is 0 Å². The molecule has 0 aliphatic rings. The molecule has 5 heteroatoms. The molecule has 0 radical (unpaired) electrons. The minimum Gasteiger partial charge on any atom is -0.351 e. The Morgan fingerprint density at radius 1 is 1.29 bits per heavy atom. The van der Waals surface area contributed by atoms with E-state index in [2.05, 4.69) is 26.2 Å². The highest BCUT2D eigenvalue weighted by Gasteiger charge is 2.05. The Balaban J connectivity index is 2.19. The van der Waals surface area contributed by atoms with Crippen LogP contribution in [0, 0.1) is 5.82 Å². The summed E-state index contributed by atoms with van der Waals surface area (Å²) in [7, 11) is 0. The topological polar surface area (TPSA) is 42.0 Å². The number of hydrogen-bond acceptors (Lipinski definition) is 2. The highest BCUT2D eigenvalue weighted by Crippen LogP contribution is 2.02. The van der Waals surface area contributed by atoms with Gasteiger partial charge in [-0.2, -0.15) is 0 Å². The molecule has 3 nitrogen and oxygen atoms in total. The molecule has 0 atom stereocenters. The van der Waals surface area contributed by atoms with Gasteiger partial charge in [-0.3, -0.25) is 4.79 Å². The van der Waals surface area contributed by atoms with Crippen LogP contribution in [0.4, 0.5) is 4.39 Å². The highest BCUT2D eigenvalue weighted by atomic mass is 79.9. The third kappa shape index (κ3) is 5.77. The predicted molar refractivity (Wildman–Crippen MR) is 68.8 cm³/mol. The standard InChI is InChI=1S/C12H16BrFN2O/c13-7-3-1-2-4-8-15-12(17)11-6-5-10(14)9-16-11/h5-6,9H,1-4,7-8H2,(H,15,17). The molecule has 1 rings (SSSR count). The molecule has 0 saturated heterocycles. The van der Waals surface area contributed by atoms with Crippen LogP contribution >= 0.6 is 15.9 Å². The average molecular weight is 303 g/mol. The van der Waals surface area contributed by atoms with E-state index in [0.717, 1.165) is 37.2 Å². The first-order chi connectivity index (χ1) is 8.24. The maximum atomic E-state index is 12.6. The van der Waals surface area contributed by atoms with Crippen LogP contribution in [0.15, 0.2) is 18.3 Å². The SMILES string of the molecule is O=C(NCCCCCCBr)c1ccc(F)cn1. The van der Waals surface area contributed by atoms with Crippen molar-refractivity contribution >= 4 is 21.8 Å². The van der Waals surface area contributed by atoms with Gasteiger partial charge in [-0.05, 0) is 25.0 Å². The van der Waals surface area contributed by atoms with Gasteiger partial charge < -0.3 is 5.32 Å².